The highest BCUT2D eigenvalue weighted by atomic mass is 35.5. The molecule has 1 aromatic heterocycles. The van der Waals surface area contributed by atoms with Crippen LogP contribution in [0.4, 0.5) is 5.82 Å². The summed E-state index contributed by atoms with van der Waals surface area (Å²) in [5.74, 6) is 0.113. The molecule has 0 saturated carbocycles. The van der Waals surface area contributed by atoms with Gasteiger partial charge in [-0.3, -0.25) is 4.79 Å². The molecular formula is C25H25ClN2O3. The highest BCUT2D eigenvalue weighted by molar-refractivity contribution is 6.30. The Morgan fingerprint density at radius 2 is 1.61 bits per heavy atom. The highest BCUT2D eigenvalue weighted by Crippen LogP contribution is 2.40. The average molecular weight is 437 g/mol. The van der Waals surface area contributed by atoms with Gasteiger partial charge in [-0.05, 0) is 49.4 Å². The fraction of sp³-hybridized carbons (Fsp3) is 0.280. The number of carbonyl (C=O) groups excluding carboxylic acids is 1. The quantitative estimate of drug-likeness (QED) is 0.534. The first kappa shape index (κ1) is 21.2. The molecule has 1 fully saturated rings. The van der Waals surface area contributed by atoms with E-state index in [9.17, 15) is 9.59 Å². The molecule has 31 heavy (non-hydrogen) atoms. The standard InChI is InChI=1S/C25H25ClN2O3/c1-2-31-25(30)22-20(17-9-5-3-6-10-17)21(18-11-13-19(26)14-12-18)23(27-24(22)29)28-15-7-4-8-16-28/h3,5-6,9-14H,2,4,7-8,15-16H2,1H3,(H,27,29). The number of hydrogen-bond donors (Lipinski definition) is 1. The van der Waals surface area contributed by atoms with Crippen LogP contribution in [0.5, 0.6) is 0 Å². The fourth-order valence-corrected chi connectivity index (χ4v) is 4.26. The van der Waals surface area contributed by atoms with Gasteiger partial charge in [0.1, 0.15) is 11.4 Å². The van der Waals surface area contributed by atoms with E-state index in [1.54, 1.807) is 6.92 Å². The number of halogens is 1. The van der Waals surface area contributed by atoms with Crippen LogP contribution in [-0.4, -0.2) is 30.6 Å². The van der Waals surface area contributed by atoms with E-state index in [0.29, 0.717) is 10.6 Å². The van der Waals surface area contributed by atoms with Gasteiger partial charge in [0.05, 0.1) is 6.61 Å². The van der Waals surface area contributed by atoms with Crippen LogP contribution >= 0.6 is 11.6 Å². The monoisotopic (exact) mass is 436 g/mol. The van der Waals surface area contributed by atoms with Crippen LogP contribution in [0, 0.1) is 0 Å². The zero-order valence-electron chi connectivity index (χ0n) is 17.5. The maximum Gasteiger partial charge on any atom is 0.344 e. The summed E-state index contributed by atoms with van der Waals surface area (Å²) >= 11 is 6.15. The summed E-state index contributed by atoms with van der Waals surface area (Å²) < 4.78 is 5.27. The predicted octanol–water partition coefficient (Wildman–Crippen LogP) is 5.53. The van der Waals surface area contributed by atoms with Crippen LogP contribution in [-0.2, 0) is 4.74 Å². The van der Waals surface area contributed by atoms with Crippen molar-refractivity contribution in [2.24, 2.45) is 0 Å². The Labute approximate surface area is 186 Å². The van der Waals surface area contributed by atoms with Gasteiger partial charge in [0, 0.05) is 29.2 Å². The van der Waals surface area contributed by atoms with Gasteiger partial charge < -0.3 is 14.6 Å². The van der Waals surface area contributed by atoms with Gasteiger partial charge >= 0.3 is 5.97 Å². The van der Waals surface area contributed by atoms with Gasteiger partial charge in [-0.25, -0.2) is 4.79 Å². The van der Waals surface area contributed by atoms with E-state index in [1.807, 2.05) is 54.6 Å². The van der Waals surface area contributed by atoms with Crippen molar-refractivity contribution < 1.29 is 9.53 Å². The Morgan fingerprint density at radius 3 is 2.26 bits per heavy atom. The minimum atomic E-state index is -0.622. The minimum Gasteiger partial charge on any atom is -0.462 e. The molecule has 0 aliphatic carbocycles. The Balaban J connectivity index is 2.08. The van der Waals surface area contributed by atoms with Crippen molar-refractivity contribution in [2.75, 3.05) is 24.6 Å². The van der Waals surface area contributed by atoms with Gasteiger partial charge in [-0.1, -0.05) is 54.1 Å². The second kappa shape index (κ2) is 9.40. The lowest BCUT2D eigenvalue weighted by molar-refractivity contribution is 0.0525. The average Bonchev–Trinajstić information content (AvgIpc) is 2.80. The summed E-state index contributed by atoms with van der Waals surface area (Å²) in [6, 6.07) is 17.0. The predicted molar refractivity (Wildman–Crippen MR) is 125 cm³/mol. The molecule has 0 radical (unpaired) electrons. The maximum absolute atomic E-state index is 13.2. The van der Waals surface area contributed by atoms with E-state index in [0.717, 1.165) is 48.4 Å². The van der Waals surface area contributed by atoms with Crippen LogP contribution in [0.3, 0.4) is 0 Å². The van der Waals surface area contributed by atoms with Crippen LogP contribution in [0.15, 0.2) is 59.4 Å². The number of carbonyl (C=O) groups is 1. The van der Waals surface area contributed by atoms with Crippen molar-refractivity contribution in [3.8, 4) is 22.3 Å². The Morgan fingerprint density at radius 1 is 0.968 bits per heavy atom. The molecule has 0 atom stereocenters. The number of rotatable bonds is 5. The molecule has 2 heterocycles. The number of anilines is 1. The molecule has 5 nitrogen and oxygen atoms in total. The second-order valence-electron chi connectivity index (χ2n) is 7.57. The molecule has 1 aliphatic heterocycles. The van der Waals surface area contributed by atoms with Gasteiger partial charge in [0.25, 0.3) is 5.56 Å². The van der Waals surface area contributed by atoms with Crippen molar-refractivity contribution >= 4 is 23.4 Å². The summed E-state index contributed by atoms with van der Waals surface area (Å²) in [4.78, 5) is 31.4. The first-order chi connectivity index (χ1) is 15.1. The lowest BCUT2D eigenvalue weighted by Gasteiger charge is -2.31. The Bertz CT molecular complexity index is 1120. The number of H-pyrrole nitrogens is 1. The van der Waals surface area contributed by atoms with Crippen molar-refractivity contribution in [3.05, 3.63) is 75.5 Å². The van der Waals surface area contributed by atoms with E-state index < -0.39 is 11.5 Å². The largest absolute Gasteiger partial charge is 0.462 e. The first-order valence-corrected chi connectivity index (χ1v) is 11.0. The number of nitrogens with one attached hydrogen (secondary N) is 1. The molecule has 1 saturated heterocycles. The van der Waals surface area contributed by atoms with Gasteiger partial charge in [0.15, 0.2) is 0 Å². The minimum absolute atomic E-state index is 0.0266. The maximum atomic E-state index is 13.2. The molecule has 1 N–H and O–H groups in total. The molecule has 3 aromatic rings. The molecule has 2 aromatic carbocycles. The number of aromatic nitrogens is 1. The third-order valence-electron chi connectivity index (χ3n) is 5.54. The van der Waals surface area contributed by atoms with Crippen LogP contribution < -0.4 is 10.5 Å². The van der Waals surface area contributed by atoms with Gasteiger partial charge in [-0.15, -0.1) is 0 Å². The number of nitrogens with zero attached hydrogens (tertiary/aromatic N) is 1. The lowest BCUT2D eigenvalue weighted by atomic mass is 9.90. The summed E-state index contributed by atoms with van der Waals surface area (Å²) in [5, 5.41) is 0.625. The SMILES string of the molecule is CCOC(=O)c1c(-c2ccccc2)c(-c2ccc(Cl)cc2)c(N2CCCCC2)[nH]c1=O. The van der Waals surface area contributed by atoms with Gasteiger partial charge in [-0.2, -0.15) is 0 Å². The third kappa shape index (κ3) is 4.37. The smallest absolute Gasteiger partial charge is 0.344 e. The number of hydrogen-bond acceptors (Lipinski definition) is 4. The Kier molecular flexibility index (Phi) is 6.42. The summed E-state index contributed by atoms with van der Waals surface area (Å²) in [6.07, 6.45) is 3.29. The van der Waals surface area contributed by atoms with Crippen LogP contribution in [0.2, 0.25) is 5.02 Å². The lowest BCUT2D eigenvalue weighted by Crippen LogP contribution is -2.33. The molecular weight excluding hydrogens is 412 g/mol. The zero-order chi connectivity index (χ0) is 21.8. The molecule has 6 heteroatoms. The highest BCUT2D eigenvalue weighted by Gasteiger charge is 2.28. The number of aromatic amines is 1. The Hall–Kier alpha value is -3.05. The molecule has 160 valence electrons. The normalized spacial score (nSPS) is 13.8. The van der Waals surface area contributed by atoms with Crippen molar-refractivity contribution in [1.29, 1.82) is 0 Å². The number of piperidine rings is 1. The molecule has 0 spiro atoms. The number of esters is 1. The van der Waals surface area contributed by atoms with Crippen LogP contribution in [0.1, 0.15) is 36.5 Å². The fourth-order valence-electron chi connectivity index (χ4n) is 4.13. The van der Waals surface area contributed by atoms with E-state index in [2.05, 4.69) is 9.88 Å². The van der Waals surface area contributed by atoms with E-state index in [4.69, 9.17) is 16.3 Å². The van der Waals surface area contributed by atoms with E-state index in [-0.39, 0.29) is 12.2 Å². The molecule has 0 bridgehead atoms. The number of benzene rings is 2. The summed E-state index contributed by atoms with van der Waals surface area (Å²) in [5.41, 5.74) is 2.66. The van der Waals surface area contributed by atoms with Crippen molar-refractivity contribution in [2.45, 2.75) is 26.2 Å². The molecule has 1 aliphatic rings. The van der Waals surface area contributed by atoms with Crippen molar-refractivity contribution in [3.63, 3.8) is 0 Å². The van der Waals surface area contributed by atoms with E-state index >= 15 is 0 Å². The summed E-state index contributed by atoms with van der Waals surface area (Å²) in [6.45, 7) is 3.63. The second-order valence-corrected chi connectivity index (χ2v) is 8.01. The summed E-state index contributed by atoms with van der Waals surface area (Å²) in [7, 11) is 0. The number of ether oxygens (including phenoxy) is 1. The number of pyridine rings is 1. The van der Waals surface area contributed by atoms with E-state index in [1.165, 1.54) is 6.42 Å². The third-order valence-corrected chi connectivity index (χ3v) is 5.79. The molecule has 4 rings (SSSR count). The molecule has 0 unspecified atom stereocenters. The van der Waals surface area contributed by atoms with Gasteiger partial charge in [0.2, 0.25) is 0 Å². The first-order valence-electron chi connectivity index (χ1n) is 10.6. The molecule has 0 amide bonds. The van der Waals surface area contributed by atoms with Crippen LogP contribution in [0.25, 0.3) is 22.3 Å². The zero-order valence-corrected chi connectivity index (χ0v) is 18.2. The topological polar surface area (TPSA) is 62.4 Å². The van der Waals surface area contributed by atoms with Crippen molar-refractivity contribution in [1.82, 2.24) is 4.98 Å².